The molecule has 0 atom stereocenters. The number of hydrogen-bond donors (Lipinski definition) is 0. The Morgan fingerprint density at radius 1 is 0.968 bits per heavy atom. The predicted octanol–water partition coefficient (Wildman–Crippen LogP) is 4.37. The highest BCUT2D eigenvalue weighted by Crippen LogP contribution is 2.26. The van der Waals surface area contributed by atoms with E-state index in [1.165, 1.54) is 6.07 Å². The van der Waals surface area contributed by atoms with Crippen molar-refractivity contribution in [2.75, 3.05) is 32.8 Å². The van der Waals surface area contributed by atoms with Gasteiger partial charge in [-0.3, -0.25) is 9.69 Å². The van der Waals surface area contributed by atoms with Gasteiger partial charge < -0.3 is 14.4 Å². The summed E-state index contributed by atoms with van der Waals surface area (Å²) in [5.74, 6) is 0.940. The van der Waals surface area contributed by atoms with Gasteiger partial charge in [0.15, 0.2) is 11.6 Å². The van der Waals surface area contributed by atoms with E-state index in [4.69, 9.17) is 9.47 Å². The van der Waals surface area contributed by atoms with Gasteiger partial charge in [-0.25, -0.2) is 4.39 Å². The van der Waals surface area contributed by atoms with E-state index in [0.717, 1.165) is 57.6 Å². The van der Waals surface area contributed by atoms with Crippen molar-refractivity contribution in [3.05, 3.63) is 59.9 Å². The van der Waals surface area contributed by atoms with E-state index in [9.17, 15) is 9.18 Å². The van der Waals surface area contributed by atoms with E-state index in [1.807, 2.05) is 36.1 Å². The largest absolute Gasteiger partial charge is 0.494 e. The molecule has 0 bridgehead atoms. The smallest absolute Gasteiger partial charge is 0.253 e. The summed E-state index contributed by atoms with van der Waals surface area (Å²) < 4.78 is 25.2. The van der Waals surface area contributed by atoms with Crippen molar-refractivity contribution >= 4 is 5.91 Å². The molecule has 5 nitrogen and oxygen atoms in total. The lowest BCUT2D eigenvalue weighted by molar-refractivity contribution is 0.0416. The van der Waals surface area contributed by atoms with Gasteiger partial charge in [-0.2, -0.15) is 0 Å². The molecule has 2 aromatic carbocycles. The van der Waals surface area contributed by atoms with Gasteiger partial charge in [-0.1, -0.05) is 12.1 Å². The maximum Gasteiger partial charge on any atom is 0.253 e. The molecule has 0 unspecified atom stereocenters. The summed E-state index contributed by atoms with van der Waals surface area (Å²) in [5.41, 5.74) is 0.716. The zero-order chi connectivity index (χ0) is 21.6. The molecule has 0 spiro atoms. The Labute approximate surface area is 183 Å². The molecule has 2 fully saturated rings. The lowest BCUT2D eigenvalue weighted by atomic mass is 9.98. The molecule has 0 saturated carbocycles. The number of likely N-dealkylation sites (tertiary alicyclic amines) is 2. The van der Waals surface area contributed by atoms with Gasteiger partial charge in [0.25, 0.3) is 5.91 Å². The third kappa shape index (κ3) is 5.37. The Morgan fingerprint density at radius 2 is 1.65 bits per heavy atom. The van der Waals surface area contributed by atoms with Crippen molar-refractivity contribution in [3.8, 4) is 11.5 Å². The van der Waals surface area contributed by atoms with Crippen LogP contribution in [0.25, 0.3) is 0 Å². The molecule has 0 N–H and O–H groups in total. The predicted molar refractivity (Wildman–Crippen MR) is 118 cm³/mol. The lowest BCUT2D eigenvalue weighted by Gasteiger charge is -2.41. The summed E-state index contributed by atoms with van der Waals surface area (Å²) >= 11 is 0. The van der Waals surface area contributed by atoms with Crippen LogP contribution in [0.15, 0.2) is 48.5 Å². The lowest BCUT2D eigenvalue weighted by Crippen LogP contribution is -2.50. The number of amides is 1. The highest BCUT2D eigenvalue weighted by molar-refractivity contribution is 5.94. The number of nitrogens with zero attached hydrogens (tertiary/aromatic N) is 2. The summed E-state index contributed by atoms with van der Waals surface area (Å²) in [6.45, 7) is 6.03. The van der Waals surface area contributed by atoms with Crippen LogP contribution in [0.4, 0.5) is 4.39 Å². The molecule has 0 aromatic heterocycles. The van der Waals surface area contributed by atoms with Gasteiger partial charge in [-0.15, -0.1) is 0 Å². The Hall–Kier alpha value is -2.60. The van der Waals surface area contributed by atoms with Crippen LogP contribution in [0.2, 0.25) is 0 Å². The summed E-state index contributed by atoms with van der Waals surface area (Å²) in [6, 6.07) is 14.5. The zero-order valence-electron chi connectivity index (χ0n) is 18.1. The molecule has 4 rings (SSSR count). The molecule has 0 aliphatic carbocycles. The number of benzene rings is 2. The van der Waals surface area contributed by atoms with Crippen molar-refractivity contribution in [1.82, 2.24) is 9.80 Å². The fourth-order valence-electron chi connectivity index (χ4n) is 4.56. The Bertz CT molecular complexity index is 857. The second kappa shape index (κ2) is 10.1. The third-order valence-corrected chi connectivity index (χ3v) is 6.29. The number of ether oxygens (including phenoxy) is 2. The van der Waals surface area contributed by atoms with Crippen LogP contribution in [0.5, 0.6) is 11.5 Å². The highest BCUT2D eigenvalue weighted by Gasteiger charge is 2.30. The molecule has 6 heteroatoms. The molecule has 2 heterocycles. The number of rotatable bonds is 6. The standard InChI is InChI=1S/C25H31FN2O3/c1-2-30-21-9-7-19(8-10-21)25(29)28-15-11-20(12-16-28)27-17-13-22(14-18-27)31-24-6-4-3-5-23(24)26/h3-10,20,22H,2,11-18H2,1H3. The number of halogens is 1. The molecule has 31 heavy (non-hydrogen) atoms. The molecular formula is C25H31FN2O3. The SMILES string of the molecule is CCOc1ccc(C(=O)N2CCC(N3CCC(Oc4ccccc4F)CC3)CC2)cc1. The van der Waals surface area contributed by atoms with E-state index < -0.39 is 0 Å². The first-order chi connectivity index (χ1) is 15.1. The van der Waals surface area contributed by atoms with Gasteiger partial charge in [-0.05, 0) is 69.0 Å². The van der Waals surface area contributed by atoms with Gasteiger partial charge >= 0.3 is 0 Å². The van der Waals surface area contributed by atoms with E-state index in [2.05, 4.69) is 4.90 Å². The van der Waals surface area contributed by atoms with Gasteiger partial charge in [0.1, 0.15) is 11.9 Å². The monoisotopic (exact) mass is 426 g/mol. The van der Waals surface area contributed by atoms with Gasteiger partial charge in [0, 0.05) is 37.8 Å². The topological polar surface area (TPSA) is 42.0 Å². The van der Waals surface area contributed by atoms with Gasteiger partial charge in [0.05, 0.1) is 6.61 Å². The number of carbonyl (C=O) groups excluding carboxylic acids is 1. The van der Waals surface area contributed by atoms with Crippen LogP contribution in [0, 0.1) is 5.82 Å². The summed E-state index contributed by atoms with van der Waals surface area (Å²) in [7, 11) is 0. The molecule has 0 radical (unpaired) electrons. The number of carbonyl (C=O) groups is 1. The van der Waals surface area contributed by atoms with Crippen molar-refractivity contribution < 1.29 is 18.7 Å². The molecule has 2 aromatic rings. The Morgan fingerprint density at radius 3 is 2.29 bits per heavy atom. The van der Waals surface area contributed by atoms with Crippen LogP contribution >= 0.6 is 0 Å². The Kier molecular flexibility index (Phi) is 7.07. The molecule has 2 aliphatic rings. The minimum atomic E-state index is -0.297. The zero-order valence-corrected chi connectivity index (χ0v) is 18.1. The van der Waals surface area contributed by atoms with Gasteiger partial charge in [0.2, 0.25) is 0 Å². The number of para-hydroxylation sites is 1. The average Bonchev–Trinajstić information content (AvgIpc) is 2.81. The number of hydrogen-bond acceptors (Lipinski definition) is 4. The van der Waals surface area contributed by atoms with E-state index in [1.54, 1.807) is 18.2 Å². The molecule has 2 saturated heterocycles. The summed E-state index contributed by atoms with van der Waals surface area (Å²) in [4.78, 5) is 17.3. The third-order valence-electron chi connectivity index (χ3n) is 6.29. The van der Waals surface area contributed by atoms with Crippen LogP contribution in [-0.4, -0.2) is 60.6 Å². The first-order valence-corrected chi connectivity index (χ1v) is 11.3. The normalized spacial score (nSPS) is 18.7. The summed E-state index contributed by atoms with van der Waals surface area (Å²) in [6.07, 6.45) is 3.84. The molecule has 1 amide bonds. The Balaban J connectivity index is 1.23. The first kappa shape index (κ1) is 21.6. The number of piperidine rings is 2. The maximum atomic E-state index is 13.8. The van der Waals surface area contributed by atoms with E-state index >= 15 is 0 Å². The highest BCUT2D eigenvalue weighted by atomic mass is 19.1. The van der Waals surface area contributed by atoms with Crippen molar-refractivity contribution in [3.63, 3.8) is 0 Å². The van der Waals surface area contributed by atoms with Crippen molar-refractivity contribution in [1.29, 1.82) is 0 Å². The van der Waals surface area contributed by atoms with E-state index in [-0.39, 0.29) is 17.8 Å². The van der Waals surface area contributed by atoms with Crippen LogP contribution in [0.1, 0.15) is 43.0 Å². The molecule has 166 valence electrons. The fourth-order valence-corrected chi connectivity index (χ4v) is 4.56. The molecular weight excluding hydrogens is 395 g/mol. The average molecular weight is 427 g/mol. The first-order valence-electron chi connectivity index (χ1n) is 11.3. The van der Waals surface area contributed by atoms with Crippen molar-refractivity contribution in [2.45, 2.75) is 44.8 Å². The summed E-state index contributed by atoms with van der Waals surface area (Å²) in [5, 5.41) is 0. The fraction of sp³-hybridized carbons (Fsp3) is 0.480. The second-order valence-electron chi connectivity index (χ2n) is 8.26. The van der Waals surface area contributed by atoms with Crippen molar-refractivity contribution in [2.24, 2.45) is 0 Å². The minimum absolute atomic E-state index is 0.0643. The van der Waals surface area contributed by atoms with Crippen LogP contribution in [0.3, 0.4) is 0 Å². The minimum Gasteiger partial charge on any atom is -0.494 e. The maximum absolute atomic E-state index is 13.8. The van der Waals surface area contributed by atoms with Crippen LogP contribution in [-0.2, 0) is 0 Å². The van der Waals surface area contributed by atoms with Crippen LogP contribution < -0.4 is 9.47 Å². The second-order valence-corrected chi connectivity index (χ2v) is 8.26. The molecule has 2 aliphatic heterocycles. The quantitative estimate of drug-likeness (QED) is 0.688. The van der Waals surface area contributed by atoms with E-state index in [0.29, 0.717) is 24.0 Å².